The van der Waals surface area contributed by atoms with Gasteiger partial charge >= 0.3 is 18.1 Å². The van der Waals surface area contributed by atoms with Gasteiger partial charge in [0.15, 0.2) is 11.0 Å². The summed E-state index contributed by atoms with van der Waals surface area (Å²) in [6.07, 6.45) is -7.67. The number of halogens is 6. The van der Waals surface area contributed by atoms with E-state index in [1.54, 1.807) is 16.7 Å². The summed E-state index contributed by atoms with van der Waals surface area (Å²) in [6.45, 7) is 0.272. The molecule has 5 atom stereocenters. The molecule has 17 heteroatoms. The number of alkyl halides is 3. The fourth-order valence-electron chi connectivity index (χ4n) is 3.28. The number of nitrogens with zero attached hydrogens (tertiary/aromatic N) is 2. The number of aliphatic hydroxyl groups excluding tert-OH is 2. The summed E-state index contributed by atoms with van der Waals surface area (Å²) in [7, 11) is 0. The Balaban J connectivity index is 0.000000604. The van der Waals surface area contributed by atoms with E-state index in [0.717, 1.165) is 6.42 Å². The normalized spacial score (nSPS) is 22.4. The zero-order valence-electron chi connectivity index (χ0n) is 18.9. The Labute approximate surface area is 226 Å². The Morgan fingerprint density at radius 3 is 2.38 bits per heavy atom. The minimum Gasteiger partial charge on any atom is -0.475 e. The summed E-state index contributed by atoms with van der Waals surface area (Å²) in [5.41, 5.74) is 12.3. The van der Waals surface area contributed by atoms with E-state index in [-0.39, 0.29) is 6.61 Å². The topological polar surface area (TPSA) is 183 Å². The number of esters is 1. The quantitative estimate of drug-likeness (QED) is 0.212. The highest BCUT2D eigenvalue weighted by Gasteiger charge is 2.45. The van der Waals surface area contributed by atoms with Crippen molar-refractivity contribution in [1.82, 2.24) is 9.55 Å². The van der Waals surface area contributed by atoms with E-state index >= 15 is 0 Å². The average Bonchev–Trinajstić information content (AvgIpc) is 3.26. The number of carbonyl (C=O) groups is 2. The Morgan fingerprint density at radius 2 is 1.81 bits per heavy atom. The Morgan fingerprint density at radius 1 is 1.22 bits per heavy atom. The molecule has 0 amide bonds. The number of aliphatic hydroxyl groups is 2. The molecule has 11 nitrogen and oxygen atoms in total. The van der Waals surface area contributed by atoms with E-state index in [1.807, 2.05) is 0 Å². The summed E-state index contributed by atoms with van der Waals surface area (Å²) in [4.78, 5) is 25.3. The number of hydrogen-bond donors (Lipinski definition) is 5. The van der Waals surface area contributed by atoms with E-state index < -0.39 is 48.7 Å². The zero-order chi connectivity index (χ0) is 28.1. The number of rotatable bonds is 8. The molecule has 37 heavy (non-hydrogen) atoms. The molecule has 208 valence electrons. The Kier molecular flexibility index (Phi) is 11.4. The summed E-state index contributed by atoms with van der Waals surface area (Å²) >= 11 is 15.5. The number of ether oxygens (including phenoxy) is 2. The van der Waals surface area contributed by atoms with Crippen molar-refractivity contribution in [3.63, 3.8) is 0 Å². The molecule has 2 heterocycles. The number of unbranched alkanes of at least 4 members (excludes halogenated alkanes) is 1. The summed E-state index contributed by atoms with van der Waals surface area (Å²) < 4.78 is 44.6. The largest absolute Gasteiger partial charge is 0.490 e. The molecule has 1 aliphatic heterocycles. The van der Waals surface area contributed by atoms with Crippen molar-refractivity contribution in [2.24, 2.45) is 11.5 Å². The second-order valence-corrected chi connectivity index (χ2v) is 9.40. The van der Waals surface area contributed by atoms with Gasteiger partial charge in [-0.2, -0.15) is 13.2 Å². The number of aliphatic carboxylic acids is 1. The smallest absolute Gasteiger partial charge is 0.475 e. The maximum atomic E-state index is 12.1. The molecule has 1 fully saturated rings. The number of carboxylic acids is 1. The first-order valence-electron chi connectivity index (χ1n) is 10.7. The first-order valence-corrected chi connectivity index (χ1v) is 12.2. The Hall–Kier alpha value is -1.72. The van der Waals surface area contributed by atoms with Crippen LogP contribution in [0.4, 0.5) is 13.2 Å². The molecule has 0 aliphatic carbocycles. The molecule has 1 aromatic heterocycles. The number of hydrogen-bond acceptors (Lipinski definition) is 9. The number of benzene rings is 1. The van der Waals surface area contributed by atoms with Crippen LogP contribution < -0.4 is 11.5 Å². The van der Waals surface area contributed by atoms with Gasteiger partial charge < -0.3 is 36.3 Å². The van der Waals surface area contributed by atoms with Crippen molar-refractivity contribution >= 4 is 62.1 Å². The second kappa shape index (κ2) is 13.4. The van der Waals surface area contributed by atoms with Gasteiger partial charge in [0.05, 0.1) is 21.1 Å². The standard InChI is InChI=1S/C18H23BrCl2N4O5.C2HF3O2/c19-18-24-11-5-8(20)9(21)6-12(11)25(18)16-15(27)14(26)13(30-16)7-29-17(28)10(23)3-1-2-4-22;3-2(4,5)1(6)7/h5-6,10,13-16,26-27H,1-4,7,22-23H2;(H,6,7)/t10-,13+,14+,15+,16+;/m0./s1. The lowest BCUT2D eigenvalue weighted by Gasteiger charge is -2.18. The van der Waals surface area contributed by atoms with Crippen LogP contribution in [-0.4, -0.2) is 80.5 Å². The van der Waals surface area contributed by atoms with Gasteiger partial charge in [-0.25, -0.2) is 9.78 Å². The first-order chi connectivity index (χ1) is 17.2. The predicted octanol–water partition coefficient (Wildman–Crippen LogP) is 2.36. The average molecular weight is 640 g/mol. The van der Waals surface area contributed by atoms with E-state index in [1.165, 1.54) is 0 Å². The molecule has 3 rings (SSSR count). The molecule has 1 saturated heterocycles. The number of carbonyl (C=O) groups excluding carboxylic acids is 1. The third-order valence-corrected chi connectivity index (χ3v) is 6.47. The second-order valence-electron chi connectivity index (χ2n) is 7.88. The van der Waals surface area contributed by atoms with Gasteiger partial charge in [0, 0.05) is 0 Å². The van der Waals surface area contributed by atoms with Crippen molar-refractivity contribution in [2.45, 2.75) is 56.0 Å². The van der Waals surface area contributed by atoms with Gasteiger partial charge in [-0.3, -0.25) is 9.36 Å². The SMILES string of the molecule is NCCCC[C@H](N)C(=O)OC[C@H]1O[C@@H](n2c(Br)nc3cc(Cl)c(Cl)cc32)[C@H](O)[C@@H]1O.O=C(O)C(F)(F)F. The van der Waals surface area contributed by atoms with Gasteiger partial charge in [0.2, 0.25) is 0 Å². The zero-order valence-corrected chi connectivity index (χ0v) is 22.0. The highest BCUT2D eigenvalue weighted by molar-refractivity contribution is 9.10. The van der Waals surface area contributed by atoms with Crippen LogP contribution in [0.2, 0.25) is 10.0 Å². The number of nitrogens with two attached hydrogens (primary N) is 2. The van der Waals surface area contributed by atoms with Crippen LogP contribution in [0.25, 0.3) is 11.0 Å². The van der Waals surface area contributed by atoms with Crippen LogP contribution in [0.15, 0.2) is 16.9 Å². The summed E-state index contributed by atoms with van der Waals surface area (Å²) in [6, 6.07) is 2.39. The van der Waals surface area contributed by atoms with Crippen LogP contribution in [0.3, 0.4) is 0 Å². The first kappa shape index (κ1) is 31.5. The van der Waals surface area contributed by atoms with Crippen molar-refractivity contribution in [3.05, 3.63) is 26.9 Å². The van der Waals surface area contributed by atoms with Gasteiger partial charge in [-0.05, 0) is 47.4 Å². The van der Waals surface area contributed by atoms with Crippen LogP contribution >= 0.6 is 39.1 Å². The minimum atomic E-state index is -5.08. The van der Waals surface area contributed by atoms with Crippen molar-refractivity contribution in [2.75, 3.05) is 13.2 Å². The number of fused-ring (bicyclic) bond motifs is 1. The number of aromatic nitrogens is 2. The fraction of sp³-hybridized carbons (Fsp3) is 0.550. The van der Waals surface area contributed by atoms with Gasteiger partial charge in [-0.1, -0.05) is 29.6 Å². The Bertz CT molecular complexity index is 1110. The third kappa shape index (κ3) is 8.13. The number of imidazole rings is 1. The number of carboxylic acid groups (broad SMARTS) is 1. The summed E-state index contributed by atoms with van der Waals surface area (Å²) in [5.74, 6) is -3.36. The van der Waals surface area contributed by atoms with E-state index in [9.17, 15) is 28.2 Å². The van der Waals surface area contributed by atoms with Gasteiger partial charge in [-0.15, -0.1) is 0 Å². The molecule has 7 N–H and O–H groups in total. The van der Waals surface area contributed by atoms with Gasteiger partial charge in [0.1, 0.15) is 31.0 Å². The fourth-order valence-corrected chi connectivity index (χ4v) is 4.18. The molecular weight excluding hydrogens is 616 g/mol. The van der Waals surface area contributed by atoms with Crippen molar-refractivity contribution in [3.8, 4) is 0 Å². The van der Waals surface area contributed by atoms with Crippen LogP contribution in [0.1, 0.15) is 25.5 Å². The monoisotopic (exact) mass is 638 g/mol. The van der Waals surface area contributed by atoms with Crippen LogP contribution in [0, 0.1) is 0 Å². The molecule has 1 aliphatic rings. The van der Waals surface area contributed by atoms with E-state index in [4.69, 9.17) is 54.0 Å². The maximum Gasteiger partial charge on any atom is 0.490 e. The third-order valence-electron chi connectivity index (χ3n) is 5.18. The molecule has 2 aromatic rings. The maximum absolute atomic E-state index is 12.1. The van der Waals surface area contributed by atoms with Crippen molar-refractivity contribution < 1.29 is 47.6 Å². The minimum absolute atomic E-state index is 0.255. The highest BCUT2D eigenvalue weighted by Crippen LogP contribution is 2.37. The van der Waals surface area contributed by atoms with Crippen LogP contribution in [0.5, 0.6) is 0 Å². The summed E-state index contributed by atoms with van der Waals surface area (Å²) in [5, 5.41) is 28.7. The molecular formula is C20H24BrCl2F3N4O7. The molecule has 1 aromatic carbocycles. The lowest BCUT2D eigenvalue weighted by Crippen LogP contribution is -2.38. The van der Waals surface area contributed by atoms with E-state index in [2.05, 4.69) is 20.9 Å². The molecule has 0 saturated carbocycles. The molecule has 0 bridgehead atoms. The molecule has 0 spiro atoms. The predicted molar refractivity (Wildman–Crippen MR) is 129 cm³/mol. The van der Waals surface area contributed by atoms with Crippen LogP contribution in [-0.2, 0) is 19.1 Å². The highest BCUT2D eigenvalue weighted by atomic mass is 79.9. The van der Waals surface area contributed by atoms with Gasteiger partial charge in [0.25, 0.3) is 0 Å². The lowest BCUT2D eigenvalue weighted by molar-refractivity contribution is -0.192. The molecule has 0 radical (unpaired) electrons. The molecule has 0 unspecified atom stereocenters. The van der Waals surface area contributed by atoms with E-state index in [0.29, 0.717) is 45.2 Å². The van der Waals surface area contributed by atoms with Crippen molar-refractivity contribution in [1.29, 1.82) is 0 Å². The lowest BCUT2D eigenvalue weighted by atomic mass is 10.1.